The van der Waals surface area contributed by atoms with E-state index in [9.17, 15) is 8.42 Å². The Morgan fingerprint density at radius 1 is 1.04 bits per heavy atom. The van der Waals surface area contributed by atoms with Crippen LogP contribution in [0.3, 0.4) is 0 Å². The SMILES string of the molecule is CCCNCCc1ccc(NS(=O)(=O)c2cccc(Cl)c2)cc1. The van der Waals surface area contributed by atoms with Crippen molar-refractivity contribution >= 4 is 27.3 Å². The summed E-state index contributed by atoms with van der Waals surface area (Å²) >= 11 is 5.85. The first-order valence-electron chi connectivity index (χ1n) is 7.59. The minimum atomic E-state index is -3.62. The summed E-state index contributed by atoms with van der Waals surface area (Å²) in [4.78, 5) is 0.151. The van der Waals surface area contributed by atoms with Gasteiger partial charge in [0.15, 0.2) is 0 Å². The quantitative estimate of drug-likeness (QED) is 0.712. The highest BCUT2D eigenvalue weighted by atomic mass is 35.5. The molecule has 0 saturated carbocycles. The number of hydrogen-bond donors (Lipinski definition) is 2. The van der Waals surface area contributed by atoms with Crippen molar-refractivity contribution in [2.45, 2.75) is 24.7 Å². The maximum atomic E-state index is 12.3. The van der Waals surface area contributed by atoms with Gasteiger partial charge in [-0.25, -0.2) is 8.42 Å². The lowest BCUT2D eigenvalue weighted by atomic mass is 10.1. The second kappa shape index (κ2) is 8.34. The summed E-state index contributed by atoms with van der Waals surface area (Å²) in [5.74, 6) is 0. The van der Waals surface area contributed by atoms with Gasteiger partial charge >= 0.3 is 0 Å². The second-order valence-electron chi connectivity index (χ2n) is 5.26. The predicted molar refractivity (Wildman–Crippen MR) is 95.6 cm³/mol. The zero-order chi connectivity index (χ0) is 16.7. The van der Waals surface area contributed by atoms with Gasteiger partial charge in [-0.2, -0.15) is 0 Å². The lowest BCUT2D eigenvalue weighted by Gasteiger charge is -2.09. The molecule has 2 rings (SSSR count). The zero-order valence-corrected chi connectivity index (χ0v) is 14.6. The van der Waals surface area contributed by atoms with Crippen molar-refractivity contribution in [2.24, 2.45) is 0 Å². The van der Waals surface area contributed by atoms with Crippen LogP contribution >= 0.6 is 11.6 Å². The summed E-state index contributed by atoms with van der Waals surface area (Å²) in [5.41, 5.74) is 1.70. The molecule has 0 heterocycles. The molecule has 124 valence electrons. The van der Waals surface area contributed by atoms with Crippen molar-refractivity contribution in [2.75, 3.05) is 17.8 Å². The molecule has 0 aromatic heterocycles. The number of rotatable bonds is 8. The second-order valence-corrected chi connectivity index (χ2v) is 7.38. The molecular formula is C17H21ClN2O2S. The summed E-state index contributed by atoms with van der Waals surface area (Å²) in [6.07, 6.45) is 2.03. The van der Waals surface area contributed by atoms with Crippen LogP contribution in [0.5, 0.6) is 0 Å². The van der Waals surface area contributed by atoms with Crippen LogP contribution < -0.4 is 10.0 Å². The summed E-state index contributed by atoms with van der Waals surface area (Å²) in [7, 11) is -3.62. The van der Waals surface area contributed by atoms with E-state index in [4.69, 9.17) is 11.6 Å². The number of hydrogen-bond acceptors (Lipinski definition) is 3. The Labute approximate surface area is 142 Å². The molecule has 0 aliphatic carbocycles. The first kappa shape index (κ1) is 17.8. The third kappa shape index (κ3) is 5.53. The van der Waals surface area contributed by atoms with Crippen LogP contribution in [-0.4, -0.2) is 21.5 Å². The molecule has 0 aliphatic heterocycles. The van der Waals surface area contributed by atoms with Crippen LogP contribution in [0.4, 0.5) is 5.69 Å². The van der Waals surface area contributed by atoms with E-state index in [2.05, 4.69) is 17.0 Å². The van der Waals surface area contributed by atoms with E-state index in [1.165, 1.54) is 17.7 Å². The van der Waals surface area contributed by atoms with Gasteiger partial charge in [-0.15, -0.1) is 0 Å². The third-order valence-electron chi connectivity index (χ3n) is 3.33. The van der Waals surface area contributed by atoms with Gasteiger partial charge in [0.1, 0.15) is 0 Å². The molecule has 6 heteroatoms. The van der Waals surface area contributed by atoms with Crippen LogP contribution in [0.15, 0.2) is 53.4 Å². The van der Waals surface area contributed by atoms with Crippen LogP contribution in [-0.2, 0) is 16.4 Å². The Bertz CT molecular complexity index is 731. The minimum Gasteiger partial charge on any atom is -0.316 e. The molecule has 0 radical (unpaired) electrons. The molecule has 0 atom stereocenters. The summed E-state index contributed by atoms with van der Waals surface area (Å²) in [5, 5.41) is 3.73. The highest BCUT2D eigenvalue weighted by molar-refractivity contribution is 7.92. The van der Waals surface area contributed by atoms with Gasteiger partial charge in [-0.05, 0) is 61.8 Å². The predicted octanol–water partition coefficient (Wildman–Crippen LogP) is 3.68. The normalized spacial score (nSPS) is 11.4. The van der Waals surface area contributed by atoms with Crippen molar-refractivity contribution in [3.8, 4) is 0 Å². The Kier molecular flexibility index (Phi) is 6.45. The molecular weight excluding hydrogens is 332 g/mol. The van der Waals surface area contributed by atoms with Gasteiger partial charge in [-0.3, -0.25) is 4.72 Å². The third-order valence-corrected chi connectivity index (χ3v) is 4.94. The van der Waals surface area contributed by atoms with Crippen LogP contribution in [0.2, 0.25) is 5.02 Å². The van der Waals surface area contributed by atoms with Crippen molar-refractivity contribution in [1.29, 1.82) is 0 Å². The van der Waals surface area contributed by atoms with Crippen molar-refractivity contribution in [1.82, 2.24) is 5.32 Å². The Balaban J connectivity index is 2.00. The molecule has 0 aliphatic rings. The number of halogens is 1. The molecule has 0 unspecified atom stereocenters. The van der Waals surface area contributed by atoms with Crippen molar-refractivity contribution in [3.05, 3.63) is 59.1 Å². The lowest BCUT2D eigenvalue weighted by molar-refractivity contribution is 0.601. The van der Waals surface area contributed by atoms with Gasteiger partial charge < -0.3 is 5.32 Å². The van der Waals surface area contributed by atoms with E-state index in [-0.39, 0.29) is 4.90 Å². The lowest BCUT2D eigenvalue weighted by Crippen LogP contribution is -2.17. The Morgan fingerprint density at radius 2 is 1.78 bits per heavy atom. The highest BCUT2D eigenvalue weighted by Crippen LogP contribution is 2.19. The van der Waals surface area contributed by atoms with E-state index in [1.807, 2.05) is 12.1 Å². The van der Waals surface area contributed by atoms with Crippen LogP contribution in [0.25, 0.3) is 0 Å². The van der Waals surface area contributed by atoms with E-state index in [1.54, 1.807) is 24.3 Å². The average Bonchev–Trinajstić information content (AvgIpc) is 2.53. The molecule has 0 bridgehead atoms. The van der Waals surface area contributed by atoms with E-state index < -0.39 is 10.0 Å². The topological polar surface area (TPSA) is 58.2 Å². The standard InChI is InChI=1S/C17H21ClN2O2S/c1-2-11-19-12-10-14-6-8-16(9-7-14)20-23(21,22)17-5-3-4-15(18)13-17/h3-9,13,19-20H,2,10-12H2,1H3. The van der Waals surface area contributed by atoms with Crippen LogP contribution in [0, 0.1) is 0 Å². The van der Waals surface area contributed by atoms with Gasteiger partial charge in [0, 0.05) is 10.7 Å². The number of sulfonamides is 1. The highest BCUT2D eigenvalue weighted by Gasteiger charge is 2.14. The van der Waals surface area contributed by atoms with E-state index >= 15 is 0 Å². The maximum Gasteiger partial charge on any atom is 0.261 e. The van der Waals surface area contributed by atoms with Gasteiger partial charge in [0.25, 0.3) is 10.0 Å². The summed E-state index contributed by atoms with van der Waals surface area (Å²) in [6.45, 7) is 4.06. The van der Waals surface area contributed by atoms with Crippen LogP contribution in [0.1, 0.15) is 18.9 Å². The summed E-state index contributed by atoms with van der Waals surface area (Å²) < 4.78 is 27.2. The largest absolute Gasteiger partial charge is 0.316 e. The molecule has 4 nitrogen and oxygen atoms in total. The fraction of sp³-hybridized carbons (Fsp3) is 0.294. The van der Waals surface area contributed by atoms with Crippen molar-refractivity contribution in [3.63, 3.8) is 0 Å². The molecule has 0 amide bonds. The molecule has 0 spiro atoms. The minimum absolute atomic E-state index is 0.151. The average molecular weight is 353 g/mol. The molecule has 2 aromatic rings. The number of benzene rings is 2. The zero-order valence-electron chi connectivity index (χ0n) is 13.0. The first-order chi connectivity index (χ1) is 11.0. The van der Waals surface area contributed by atoms with E-state index in [0.717, 1.165) is 25.9 Å². The molecule has 0 fully saturated rings. The molecule has 2 aromatic carbocycles. The van der Waals surface area contributed by atoms with E-state index in [0.29, 0.717) is 10.7 Å². The Hall–Kier alpha value is -1.56. The van der Waals surface area contributed by atoms with Gasteiger partial charge in [0.2, 0.25) is 0 Å². The van der Waals surface area contributed by atoms with Crippen molar-refractivity contribution < 1.29 is 8.42 Å². The Morgan fingerprint density at radius 3 is 2.43 bits per heavy atom. The maximum absolute atomic E-state index is 12.3. The molecule has 2 N–H and O–H groups in total. The molecule has 23 heavy (non-hydrogen) atoms. The molecule has 0 saturated heterocycles. The van der Waals surface area contributed by atoms with Gasteiger partial charge in [0.05, 0.1) is 4.90 Å². The monoisotopic (exact) mass is 352 g/mol. The number of anilines is 1. The number of nitrogens with one attached hydrogen (secondary N) is 2. The van der Waals surface area contributed by atoms with Gasteiger partial charge in [-0.1, -0.05) is 36.7 Å². The fourth-order valence-electron chi connectivity index (χ4n) is 2.12. The fourth-order valence-corrected chi connectivity index (χ4v) is 3.48. The smallest absolute Gasteiger partial charge is 0.261 e. The first-order valence-corrected chi connectivity index (χ1v) is 9.45. The summed E-state index contributed by atoms with van der Waals surface area (Å²) in [6, 6.07) is 13.6.